The van der Waals surface area contributed by atoms with E-state index in [9.17, 15) is 4.79 Å². The first kappa shape index (κ1) is 15.5. The average Bonchev–Trinajstić information content (AvgIpc) is 3.40. The van der Waals surface area contributed by atoms with E-state index in [0.29, 0.717) is 12.6 Å². The molecular weight excluding hydrogens is 276 g/mol. The summed E-state index contributed by atoms with van der Waals surface area (Å²) in [5.74, 6) is 1.64. The maximum absolute atomic E-state index is 12.2. The molecule has 1 aromatic heterocycles. The van der Waals surface area contributed by atoms with Gasteiger partial charge in [0, 0.05) is 18.3 Å². The highest BCUT2D eigenvalue weighted by Crippen LogP contribution is 2.44. The summed E-state index contributed by atoms with van der Waals surface area (Å²) in [6.07, 6.45) is 9.08. The van der Waals surface area contributed by atoms with Gasteiger partial charge < -0.3 is 10.6 Å². The van der Waals surface area contributed by atoms with E-state index in [1.807, 2.05) is 24.0 Å². The van der Waals surface area contributed by atoms with Crippen LogP contribution in [0.2, 0.25) is 0 Å². The molecule has 0 aliphatic heterocycles. The summed E-state index contributed by atoms with van der Waals surface area (Å²) in [4.78, 5) is 12.2. The minimum absolute atomic E-state index is 0.138. The zero-order valence-corrected chi connectivity index (χ0v) is 13.9. The van der Waals surface area contributed by atoms with Crippen molar-refractivity contribution < 1.29 is 4.79 Å². The molecule has 3 rings (SSSR count). The molecule has 122 valence electrons. The van der Waals surface area contributed by atoms with Gasteiger partial charge in [-0.25, -0.2) is 0 Å². The lowest BCUT2D eigenvalue weighted by Gasteiger charge is -2.23. The van der Waals surface area contributed by atoms with Gasteiger partial charge in [0.2, 0.25) is 5.91 Å². The van der Waals surface area contributed by atoms with Crippen LogP contribution < -0.4 is 10.6 Å². The van der Waals surface area contributed by atoms with Crippen LogP contribution in [-0.2, 0) is 4.79 Å². The summed E-state index contributed by atoms with van der Waals surface area (Å²) in [7, 11) is 0. The quantitative estimate of drug-likeness (QED) is 0.772. The van der Waals surface area contributed by atoms with Crippen molar-refractivity contribution in [2.24, 2.45) is 11.8 Å². The van der Waals surface area contributed by atoms with Crippen molar-refractivity contribution in [3.63, 3.8) is 0 Å². The second-order valence-electron chi connectivity index (χ2n) is 7.18. The Labute approximate surface area is 132 Å². The van der Waals surface area contributed by atoms with E-state index in [4.69, 9.17) is 0 Å². The second kappa shape index (κ2) is 6.41. The van der Waals surface area contributed by atoms with E-state index in [-0.39, 0.29) is 18.0 Å². The van der Waals surface area contributed by atoms with Crippen molar-refractivity contribution in [1.29, 1.82) is 0 Å². The van der Waals surface area contributed by atoms with Crippen LogP contribution in [0.5, 0.6) is 0 Å². The largest absolute Gasteiger partial charge is 0.352 e. The molecule has 1 aromatic rings. The summed E-state index contributed by atoms with van der Waals surface area (Å²) >= 11 is 0. The predicted molar refractivity (Wildman–Crippen MR) is 86.5 cm³/mol. The first-order valence-corrected chi connectivity index (χ1v) is 8.58. The standard InChI is InChI=1S/C17H28N4O/c1-11-8-19-21(10-11)13(3)12(2)18-9-16(22)20-17(14-4-5-14)15-6-7-15/h8,10,12-15,17-18H,4-7,9H2,1-3H3,(H,20,22). The lowest BCUT2D eigenvalue weighted by Crippen LogP contribution is -2.45. The molecule has 5 nitrogen and oxygen atoms in total. The number of amides is 1. The Balaban J connectivity index is 1.43. The Hall–Kier alpha value is -1.36. The van der Waals surface area contributed by atoms with Crippen molar-refractivity contribution >= 4 is 5.91 Å². The maximum Gasteiger partial charge on any atom is 0.234 e. The topological polar surface area (TPSA) is 59.0 Å². The van der Waals surface area contributed by atoms with Gasteiger partial charge in [0.05, 0.1) is 18.8 Å². The molecule has 22 heavy (non-hydrogen) atoms. The number of nitrogens with zero attached hydrogens (tertiary/aromatic N) is 2. The van der Waals surface area contributed by atoms with Crippen LogP contribution in [0.15, 0.2) is 12.4 Å². The number of rotatable bonds is 8. The summed E-state index contributed by atoms with van der Waals surface area (Å²) in [5, 5.41) is 10.9. The van der Waals surface area contributed by atoms with Crippen LogP contribution in [0.1, 0.15) is 51.1 Å². The number of nitrogens with one attached hydrogen (secondary N) is 2. The van der Waals surface area contributed by atoms with Gasteiger partial charge in [0.1, 0.15) is 0 Å². The normalized spacial score (nSPS) is 20.9. The maximum atomic E-state index is 12.2. The van der Waals surface area contributed by atoms with E-state index in [2.05, 4.69) is 29.6 Å². The number of aryl methyl sites for hydroxylation is 1. The molecule has 2 fully saturated rings. The molecule has 2 N–H and O–H groups in total. The van der Waals surface area contributed by atoms with E-state index in [0.717, 1.165) is 17.4 Å². The van der Waals surface area contributed by atoms with Crippen LogP contribution in [0, 0.1) is 18.8 Å². The van der Waals surface area contributed by atoms with E-state index >= 15 is 0 Å². The highest BCUT2D eigenvalue weighted by atomic mass is 16.2. The zero-order valence-electron chi connectivity index (χ0n) is 13.9. The van der Waals surface area contributed by atoms with Gasteiger partial charge in [-0.3, -0.25) is 9.48 Å². The third-order valence-corrected chi connectivity index (χ3v) is 5.04. The van der Waals surface area contributed by atoms with Gasteiger partial charge in [-0.15, -0.1) is 0 Å². The number of hydrogen-bond acceptors (Lipinski definition) is 3. The molecule has 1 heterocycles. The molecule has 0 radical (unpaired) electrons. The van der Waals surface area contributed by atoms with Gasteiger partial charge in [0.15, 0.2) is 0 Å². The molecule has 0 saturated heterocycles. The molecule has 0 bridgehead atoms. The Morgan fingerprint density at radius 2 is 1.95 bits per heavy atom. The van der Waals surface area contributed by atoms with Crippen LogP contribution in [0.4, 0.5) is 0 Å². The summed E-state index contributed by atoms with van der Waals surface area (Å²) in [6.45, 7) is 6.66. The average molecular weight is 304 g/mol. The van der Waals surface area contributed by atoms with Crippen molar-refractivity contribution in [2.75, 3.05) is 6.54 Å². The Kier molecular flexibility index (Phi) is 4.52. The van der Waals surface area contributed by atoms with Crippen molar-refractivity contribution in [1.82, 2.24) is 20.4 Å². The summed E-state index contributed by atoms with van der Waals surface area (Å²) < 4.78 is 1.96. The molecule has 0 aromatic carbocycles. The molecule has 2 aliphatic rings. The molecule has 2 atom stereocenters. The van der Waals surface area contributed by atoms with Gasteiger partial charge >= 0.3 is 0 Å². The third kappa shape index (κ3) is 3.88. The first-order chi connectivity index (χ1) is 10.5. The lowest BCUT2D eigenvalue weighted by atomic mass is 10.1. The highest BCUT2D eigenvalue weighted by molar-refractivity contribution is 5.78. The van der Waals surface area contributed by atoms with Gasteiger partial charge in [-0.05, 0) is 63.9 Å². The van der Waals surface area contributed by atoms with Crippen molar-refractivity contribution in [3.05, 3.63) is 18.0 Å². The Morgan fingerprint density at radius 1 is 1.32 bits per heavy atom. The predicted octanol–water partition coefficient (Wildman–Crippen LogP) is 2.04. The number of carbonyl (C=O) groups is 1. The van der Waals surface area contributed by atoms with E-state index in [1.54, 1.807) is 0 Å². The van der Waals surface area contributed by atoms with Crippen LogP contribution >= 0.6 is 0 Å². The van der Waals surface area contributed by atoms with E-state index in [1.165, 1.54) is 25.7 Å². The number of carbonyl (C=O) groups excluding carboxylic acids is 1. The minimum Gasteiger partial charge on any atom is -0.352 e. The Bertz CT molecular complexity index is 506. The van der Waals surface area contributed by atoms with Gasteiger partial charge in [-0.1, -0.05) is 0 Å². The SMILES string of the molecule is Cc1cnn(C(C)C(C)NCC(=O)NC(C2CC2)C2CC2)c1. The molecular formula is C17H28N4O. The minimum atomic E-state index is 0.138. The van der Waals surface area contributed by atoms with Gasteiger partial charge in [0.25, 0.3) is 0 Å². The molecule has 2 aliphatic carbocycles. The molecule has 2 saturated carbocycles. The Morgan fingerprint density at radius 3 is 2.45 bits per heavy atom. The monoisotopic (exact) mass is 304 g/mol. The first-order valence-electron chi connectivity index (χ1n) is 8.58. The molecule has 2 unspecified atom stereocenters. The second-order valence-corrected chi connectivity index (χ2v) is 7.18. The third-order valence-electron chi connectivity index (χ3n) is 5.04. The van der Waals surface area contributed by atoms with Gasteiger partial charge in [-0.2, -0.15) is 5.10 Å². The van der Waals surface area contributed by atoms with Crippen LogP contribution in [0.25, 0.3) is 0 Å². The number of hydrogen-bond donors (Lipinski definition) is 2. The van der Waals surface area contributed by atoms with Crippen LogP contribution in [-0.4, -0.2) is 34.3 Å². The van der Waals surface area contributed by atoms with E-state index < -0.39 is 0 Å². The van der Waals surface area contributed by atoms with Crippen molar-refractivity contribution in [2.45, 2.75) is 64.6 Å². The van der Waals surface area contributed by atoms with Crippen LogP contribution in [0.3, 0.4) is 0 Å². The fourth-order valence-corrected chi connectivity index (χ4v) is 3.08. The summed E-state index contributed by atoms with van der Waals surface area (Å²) in [5.41, 5.74) is 1.16. The summed E-state index contributed by atoms with van der Waals surface area (Å²) in [6, 6.07) is 0.866. The fourth-order valence-electron chi connectivity index (χ4n) is 3.08. The number of aromatic nitrogens is 2. The highest BCUT2D eigenvalue weighted by Gasteiger charge is 2.42. The zero-order chi connectivity index (χ0) is 15.7. The smallest absolute Gasteiger partial charge is 0.234 e. The fraction of sp³-hybridized carbons (Fsp3) is 0.765. The molecule has 5 heteroatoms. The molecule has 1 amide bonds. The van der Waals surface area contributed by atoms with Crippen molar-refractivity contribution in [3.8, 4) is 0 Å². The lowest BCUT2D eigenvalue weighted by molar-refractivity contribution is -0.121. The molecule has 0 spiro atoms.